The third kappa shape index (κ3) is 4.43. The van der Waals surface area contributed by atoms with Crippen LogP contribution in [-0.2, 0) is 0 Å². The fourth-order valence-electron chi connectivity index (χ4n) is 4.65. The Morgan fingerprint density at radius 3 is 2.21 bits per heavy atom. The number of benzene rings is 3. The van der Waals surface area contributed by atoms with Crippen LogP contribution in [0.3, 0.4) is 0 Å². The van der Waals surface area contributed by atoms with Gasteiger partial charge in [0.05, 0.1) is 10.7 Å². The number of nitrogens with zero attached hydrogens (tertiary/aromatic N) is 2. The molecule has 0 radical (unpaired) electrons. The minimum absolute atomic E-state index is 0. The van der Waals surface area contributed by atoms with Crippen molar-refractivity contribution in [1.29, 1.82) is 0 Å². The van der Waals surface area contributed by atoms with Gasteiger partial charge in [0, 0.05) is 55.4 Å². The van der Waals surface area contributed by atoms with E-state index < -0.39 is 0 Å². The normalized spacial score (nSPS) is 14.1. The Labute approximate surface area is 218 Å². The summed E-state index contributed by atoms with van der Waals surface area (Å²) in [4.78, 5) is 3.65. The van der Waals surface area contributed by atoms with Gasteiger partial charge in [-0.05, 0) is 34.6 Å². The van der Waals surface area contributed by atoms with Crippen molar-refractivity contribution in [2.45, 2.75) is 38.5 Å². The summed E-state index contributed by atoms with van der Waals surface area (Å²) in [7, 11) is 2.18. The van der Waals surface area contributed by atoms with Gasteiger partial charge >= 0.3 is 0 Å². The molecule has 2 heterocycles. The number of hydrogen-bond donors (Lipinski definition) is 0. The molecule has 33 heavy (non-hydrogen) atoms. The molecule has 2 nitrogen and oxygen atoms in total. The van der Waals surface area contributed by atoms with Crippen LogP contribution in [0.2, 0.25) is 0 Å². The van der Waals surface area contributed by atoms with E-state index in [0.29, 0.717) is 5.92 Å². The second-order valence-electron chi connectivity index (χ2n) is 8.93. The Hall–Kier alpha value is -2.31. The van der Waals surface area contributed by atoms with Gasteiger partial charge in [-0.1, -0.05) is 68.1 Å². The quantitative estimate of drug-likeness (QED) is 0.269. The van der Waals surface area contributed by atoms with Crippen molar-refractivity contribution in [2.24, 2.45) is 0 Å². The van der Waals surface area contributed by atoms with Gasteiger partial charge in [0.15, 0.2) is 11.4 Å². The number of anilines is 1. The maximum Gasteiger partial charge on any atom is 0.211 e. The van der Waals surface area contributed by atoms with Gasteiger partial charge in [-0.2, -0.15) is 4.57 Å². The standard InChI is InChI=1S/C29H29N2S.HI/c1-19(2)23-10-13-25(14-11-23)31-20(3)16-22(17-21(31)4)18-28-30(5)29-26-9-7-6-8-24(26)12-15-27(29)32-28;/h6-19H,1-5H3;1H/q+1;/p-1. The lowest BCUT2D eigenvalue weighted by Crippen LogP contribution is -3.00. The topological polar surface area (TPSA) is 7.12 Å². The largest absolute Gasteiger partial charge is 1.00 e. The number of aryl methyl sites for hydroxylation is 2. The summed E-state index contributed by atoms with van der Waals surface area (Å²) in [5.41, 5.74) is 7.62. The van der Waals surface area contributed by atoms with E-state index in [0.717, 1.165) is 0 Å². The molecule has 0 unspecified atom stereocenters. The molecule has 0 aliphatic carbocycles. The minimum Gasteiger partial charge on any atom is -1.00 e. The number of pyridine rings is 1. The molecule has 5 rings (SSSR count). The Kier molecular flexibility index (Phi) is 6.87. The van der Waals surface area contributed by atoms with Crippen molar-refractivity contribution >= 4 is 34.3 Å². The van der Waals surface area contributed by atoms with Crippen LogP contribution < -0.4 is 33.4 Å². The average Bonchev–Trinajstić information content (AvgIpc) is 3.09. The van der Waals surface area contributed by atoms with Crippen molar-refractivity contribution < 1.29 is 28.5 Å². The molecule has 0 amide bonds. The molecular formula is C29H29IN2S. The maximum atomic E-state index is 2.33. The Balaban J connectivity index is 0.00000259. The molecule has 1 aliphatic rings. The summed E-state index contributed by atoms with van der Waals surface area (Å²) in [6.45, 7) is 8.86. The van der Waals surface area contributed by atoms with Gasteiger partial charge in [0.1, 0.15) is 0 Å². The molecule has 4 aromatic rings. The van der Waals surface area contributed by atoms with Gasteiger partial charge < -0.3 is 28.9 Å². The zero-order valence-electron chi connectivity index (χ0n) is 19.8. The van der Waals surface area contributed by atoms with Crippen LogP contribution >= 0.6 is 11.8 Å². The zero-order chi connectivity index (χ0) is 22.4. The smallest absolute Gasteiger partial charge is 0.211 e. The molecule has 0 saturated carbocycles. The number of hydrogen-bond acceptors (Lipinski definition) is 2. The molecule has 168 valence electrons. The molecular weight excluding hydrogens is 535 g/mol. The van der Waals surface area contributed by atoms with E-state index in [9.17, 15) is 0 Å². The van der Waals surface area contributed by atoms with Gasteiger partial charge in [0.2, 0.25) is 5.69 Å². The van der Waals surface area contributed by atoms with Crippen LogP contribution in [0, 0.1) is 13.8 Å². The fourth-order valence-corrected chi connectivity index (χ4v) is 5.78. The van der Waals surface area contributed by atoms with Gasteiger partial charge in [0.25, 0.3) is 0 Å². The van der Waals surface area contributed by atoms with Crippen molar-refractivity contribution in [3.8, 4) is 5.69 Å². The van der Waals surface area contributed by atoms with Crippen molar-refractivity contribution in [3.63, 3.8) is 0 Å². The van der Waals surface area contributed by atoms with Gasteiger partial charge in [-0.3, -0.25) is 0 Å². The molecule has 4 heteroatoms. The van der Waals surface area contributed by atoms with Crippen LogP contribution in [0.15, 0.2) is 82.7 Å². The van der Waals surface area contributed by atoms with Gasteiger partial charge in [-0.15, -0.1) is 0 Å². The lowest BCUT2D eigenvalue weighted by atomic mass is 10.0. The predicted octanol–water partition coefficient (Wildman–Crippen LogP) is 4.40. The first-order valence-corrected chi connectivity index (χ1v) is 12.0. The number of fused-ring (bicyclic) bond motifs is 3. The van der Waals surface area contributed by atoms with Crippen LogP contribution in [0.25, 0.3) is 22.5 Å². The number of aromatic nitrogens is 1. The molecule has 1 aliphatic heterocycles. The molecule has 0 spiro atoms. The van der Waals surface area contributed by atoms with E-state index >= 15 is 0 Å². The van der Waals surface area contributed by atoms with Crippen LogP contribution in [-0.4, -0.2) is 7.05 Å². The summed E-state index contributed by atoms with van der Waals surface area (Å²) >= 11 is 1.85. The highest BCUT2D eigenvalue weighted by Crippen LogP contribution is 2.49. The highest BCUT2D eigenvalue weighted by molar-refractivity contribution is 8.04. The SMILES string of the molecule is Cc1cc(C=C2Sc3ccc4ccccc4c3N2C)cc(C)[n+]1-c1ccc(C(C)C)cc1.[I-]. The highest BCUT2D eigenvalue weighted by Gasteiger charge is 2.24. The van der Waals surface area contributed by atoms with Crippen LogP contribution in [0.4, 0.5) is 5.69 Å². The number of halogens is 1. The summed E-state index contributed by atoms with van der Waals surface area (Å²) < 4.78 is 2.33. The van der Waals surface area contributed by atoms with E-state index in [1.165, 1.54) is 54.6 Å². The van der Waals surface area contributed by atoms with E-state index in [-0.39, 0.29) is 24.0 Å². The summed E-state index contributed by atoms with van der Waals surface area (Å²) in [6, 6.07) is 26.6. The minimum atomic E-state index is 0. The van der Waals surface area contributed by atoms with E-state index in [1.807, 2.05) is 11.8 Å². The fraction of sp³-hybridized carbons (Fsp3) is 0.207. The molecule has 0 N–H and O–H groups in total. The molecule has 0 saturated heterocycles. The molecule has 0 bridgehead atoms. The first-order chi connectivity index (χ1) is 15.4. The average molecular weight is 565 g/mol. The number of rotatable bonds is 3. The monoisotopic (exact) mass is 564 g/mol. The van der Waals surface area contributed by atoms with E-state index in [4.69, 9.17) is 0 Å². The van der Waals surface area contributed by atoms with Crippen molar-refractivity contribution in [1.82, 2.24) is 0 Å². The van der Waals surface area contributed by atoms with Crippen molar-refractivity contribution in [2.75, 3.05) is 11.9 Å². The third-order valence-corrected chi connectivity index (χ3v) is 7.46. The zero-order valence-corrected chi connectivity index (χ0v) is 22.7. The Morgan fingerprint density at radius 2 is 1.55 bits per heavy atom. The molecule has 1 aromatic heterocycles. The molecule has 0 fully saturated rings. The van der Waals surface area contributed by atoms with E-state index in [1.54, 1.807) is 0 Å². The summed E-state index contributed by atoms with van der Waals surface area (Å²) in [6.07, 6.45) is 2.31. The first-order valence-electron chi connectivity index (χ1n) is 11.2. The van der Waals surface area contributed by atoms with Crippen LogP contribution in [0.5, 0.6) is 0 Å². The Bertz CT molecular complexity index is 1330. The summed E-state index contributed by atoms with van der Waals surface area (Å²) in [5, 5.41) is 3.86. The third-order valence-electron chi connectivity index (χ3n) is 6.31. The lowest BCUT2D eigenvalue weighted by Gasteiger charge is -2.16. The van der Waals surface area contributed by atoms with Gasteiger partial charge in [-0.25, -0.2) is 0 Å². The summed E-state index contributed by atoms with van der Waals surface area (Å²) in [5.74, 6) is 0.549. The second-order valence-corrected chi connectivity index (χ2v) is 9.99. The first kappa shape index (κ1) is 23.8. The number of thioether (sulfide) groups is 1. The lowest BCUT2D eigenvalue weighted by molar-refractivity contribution is -0.609. The second kappa shape index (κ2) is 9.51. The van der Waals surface area contributed by atoms with Crippen LogP contribution in [0.1, 0.15) is 42.3 Å². The highest BCUT2D eigenvalue weighted by atomic mass is 127. The Morgan fingerprint density at radius 1 is 0.879 bits per heavy atom. The van der Waals surface area contributed by atoms with E-state index in [2.05, 4.69) is 123 Å². The maximum absolute atomic E-state index is 2.33. The molecule has 3 aromatic carbocycles. The molecule has 0 atom stereocenters. The van der Waals surface area contributed by atoms with Crippen molar-refractivity contribution in [3.05, 3.63) is 100 Å². The predicted molar refractivity (Wildman–Crippen MR) is 138 cm³/mol.